The van der Waals surface area contributed by atoms with Gasteiger partial charge in [0.15, 0.2) is 0 Å². The molecule has 1 N–H and O–H groups in total. The van der Waals surface area contributed by atoms with Gasteiger partial charge in [-0.25, -0.2) is 0 Å². The highest BCUT2D eigenvalue weighted by atomic mass is 16.5. The fourth-order valence-corrected chi connectivity index (χ4v) is 1.78. The Morgan fingerprint density at radius 1 is 1.38 bits per heavy atom. The Labute approximate surface area is 79.8 Å². The number of carbonyl (C=O) groups is 1. The van der Waals surface area contributed by atoms with Crippen LogP contribution >= 0.6 is 0 Å². The third kappa shape index (κ3) is 4.27. The van der Waals surface area contributed by atoms with E-state index in [0.717, 1.165) is 19.5 Å². The molecule has 0 bridgehead atoms. The Bertz CT molecular complexity index is 151. The maximum absolute atomic E-state index is 11.0. The van der Waals surface area contributed by atoms with Crippen LogP contribution in [-0.4, -0.2) is 26.2 Å². The van der Waals surface area contributed by atoms with Crippen molar-refractivity contribution >= 4 is 5.97 Å². The lowest BCUT2D eigenvalue weighted by Gasteiger charge is -2.18. The van der Waals surface area contributed by atoms with E-state index in [-0.39, 0.29) is 5.97 Å². The van der Waals surface area contributed by atoms with Crippen LogP contribution in [0.25, 0.3) is 0 Å². The lowest BCUT2D eigenvalue weighted by atomic mass is 9.93. The molecule has 1 atom stereocenters. The third-order valence-electron chi connectivity index (χ3n) is 2.63. The average molecular weight is 185 g/mol. The maximum Gasteiger partial charge on any atom is 0.305 e. The Morgan fingerprint density at radius 2 is 2.23 bits per heavy atom. The van der Waals surface area contributed by atoms with Crippen molar-refractivity contribution in [1.29, 1.82) is 0 Å². The molecule has 0 aliphatic carbocycles. The number of esters is 1. The summed E-state index contributed by atoms with van der Waals surface area (Å²) in [5, 5.41) is 3.36. The lowest BCUT2D eigenvalue weighted by Crippen LogP contribution is -2.23. The molecule has 0 aromatic carbocycles. The number of rotatable bonds is 2. The molecule has 3 nitrogen and oxygen atoms in total. The minimum atomic E-state index is -0.0643. The summed E-state index contributed by atoms with van der Waals surface area (Å²) >= 11 is 0. The highest BCUT2D eigenvalue weighted by Crippen LogP contribution is 2.18. The van der Waals surface area contributed by atoms with E-state index in [0.29, 0.717) is 12.3 Å². The van der Waals surface area contributed by atoms with E-state index in [2.05, 4.69) is 10.1 Å². The standard InChI is InChI=1S/C10H19NO2/c1-13-10(12)8-9-4-2-3-6-11-7-5-9/h9,11H,2-8H2,1H3. The second-order valence-electron chi connectivity index (χ2n) is 3.68. The van der Waals surface area contributed by atoms with E-state index in [9.17, 15) is 4.79 Å². The Kier molecular flexibility index (Phi) is 4.83. The second kappa shape index (κ2) is 5.97. The molecule has 1 unspecified atom stereocenters. The molecule has 13 heavy (non-hydrogen) atoms. The van der Waals surface area contributed by atoms with E-state index in [1.54, 1.807) is 0 Å². The largest absolute Gasteiger partial charge is 0.469 e. The van der Waals surface area contributed by atoms with Crippen LogP contribution in [0.5, 0.6) is 0 Å². The minimum absolute atomic E-state index is 0.0643. The monoisotopic (exact) mass is 185 g/mol. The average Bonchev–Trinajstić information content (AvgIpc) is 2.09. The summed E-state index contributed by atoms with van der Waals surface area (Å²) in [5.74, 6) is 0.464. The van der Waals surface area contributed by atoms with Crippen LogP contribution in [0, 0.1) is 5.92 Å². The van der Waals surface area contributed by atoms with Gasteiger partial charge in [0.25, 0.3) is 0 Å². The van der Waals surface area contributed by atoms with E-state index in [1.807, 2.05) is 0 Å². The van der Waals surface area contributed by atoms with Crippen LogP contribution in [0.3, 0.4) is 0 Å². The predicted octanol–water partition coefficient (Wildman–Crippen LogP) is 1.33. The Hall–Kier alpha value is -0.570. The fourth-order valence-electron chi connectivity index (χ4n) is 1.78. The molecule has 1 aliphatic rings. The highest BCUT2D eigenvalue weighted by molar-refractivity contribution is 5.69. The molecular weight excluding hydrogens is 166 g/mol. The van der Waals surface area contributed by atoms with E-state index < -0.39 is 0 Å². The van der Waals surface area contributed by atoms with E-state index in [4.69, 9.17) is 0 Å². The summed E-state index contributed by atoms with van der Waals surface area (Å²) < 4.78 is 4.67. The molecule has 0 aromatic rings. The van der Waals surface area contributed by atoms with Crippen molar-refractivity contribution in [2.45, 2.75) is 32.1 Å². The summed E-state index contributed by atoms with van der Waals surface area (Å²) in [4.78, 5) is 11.0. The van der Waals surface area contributed by atoms with Crippen molar-refractivity contribution in [3.8, 4) is 0 Å². The molecule has 1 fully saturated rings. The first-order chi connectivity index (χ1) is 6.33. The van der Waals surface area contributed by atoms with Crippen LogP contribution < -0.4 is 5.32 Å². The summed E-state index contributed by atoms with van der Waals surface area (Å²) in [6.07, 6.45) is 5.34. The number of nitrogens with one attached hydrogen (secondary N) is 1. The molecule has 1 aliphatic heterocycles. The minimum Gasteiger partial charge on any atom is -0.469 e. The first-order valence-corrected chi connectivity index (χ1v) is 5.10. The molecule has 3 heteroatoms. The van der Waals surface area contributed by atoms with Crippen LogP contribution in [0.2, 0.25) is 0 Å². The molecule has 1 heterocycles. The number of ether oxygens (including phenoxy) is 1. The zero-order chi connectivity index (χ0) is 9.52. The molecule has 76 valence electrons. The van der Waals surface area contributed by atoms with Gasteiger partial charge in [-0.15, -0.1) is 0 Å². The molecule has 0 saturated carbocycles. The van der Waals surface area contributed by atoms with Crippen LogP contribution in [0.15, 0.2) is 0 Å². The summed E-state index contributed by atoms with van der Waals surface area (Å²) in [6, 6.07) is 0. The maximum atomic E-state index is 11.0. The van der Waals surface area contributed by atoms with Gasteiger partial charge in [0.05, 0.1) is 7.11 Å². The van der Waals surface area contributed by atoms with Crippen molar-refractivity contribution in [3.05, 3.63) is 0 Å². The normalized spacial score (nSPS) is 24.5. The van der Waals surface area contributed by atoms with Crippen molar-refractivity contribution in [3.63, 3.8) is 0 Å². The van der Waals surface area contributed by atoms with Gasteiger partial charge in [-0.2, -0.15) is 0 Å². The topological polar surface area (TPSA) is 38.3 Å². The smallest absolute Gasteiger partial charge is 0.305 e. The van der Waals surface area contributed by atoms with Gasteiger partial charge in [0.2, 0.25) is 0 Å². The van der Waals surface area contributed by atoms with Gasteiger partial charge < -0.3 is 10.1 Å². The van der Waals surface area contributed by atoms with Crippen LogP contribution in [-0.2, 0) is 9.53 Å². The van der Waals surface area contributed by atoms with Crippen molar-refractivity contribution in [2.24, 2.45) is 5.92 Å². The fraction of sp³-hybridized carbons (Fsp3) is 0.900. The molecule has 0 radical (unpaired) electrons. The van der Waals surface area contributed by atoms with Gasteiger partial charge in [0.1, 0.15) is 0 Å². The number of hydrogen-bond donors (Lipinski definition) is 1. The van der Waals surface area contributed by atoms with Gasteiger partial charge in [-0.05, 0) is 38.3 Å². The Balaban J connectivity index is 2.25. The van der Waals surface area contributed by atoms with Gasteiger partial charge in [-0.3, -0.25) is 4.79 Å². The number of hydrogen-bond acceptors (Lipinski definition) is 3. The molecule has 0 spiro atoms. The van der Waals surface area contributed by atoms with Gasteiger partial charge in [-0.1, -0.05) is 6.42 Å². The lowest BCUT2D eigenvalue weighted by molar-refractivity contribution is -0.141. The second-order valence-corrected chi connectivity index (χ2v) is 3.68. The Morgan fingerprint density at radius 3 is 3.00 bits per heavy atom. The van der Waals surface area contributed by atoms with Crippen molar-refractivity contribution in [1.82, 2.24) is 5.32 Å². The van der Waals surface area contributed by atoms with Crippen molar-refractivity contribution < 1.29 is 9.53 Å². The molecule has 0 aromatic heterocycles. The number of methoxy groups -OCH3 is 1. The van der Waals surface area contributed by atoms with Crippen LogP contribution in [0.4, 0.5) is 0 Å². The SMILES string of the molecule is COC(=O)CC1CCCCNCC1. The molecule has 1 rings (SSSR count). The van der Waals surface area contributed by atoms with E-state index >= 15 is 0 Å². The van der Waals surface area contributed by atoms with Gasteiger partial charge >= 0.3 is 5.97 Å². The first-order valence-electron chi connectivity index (χ1n) is 5.10. The third-order valence-corrected chi connectivity index (χ3v) is 2.63. The molecule has 1 saturated heterocycles. The summed E-state index contributed by atoms with van der Waals surface area (Å²) in [6.45, 7) is 2.17. The van der Waals surface area contributed by atoms with Crippen LogP contribution in [0.1, 0.15) is 32.1 Å². The molecular formula is C10H19NO2. The highest BCUT2D eigenvalue weighted by Gasteiger charge is 2.14. The zero-order valence-corrected chi connectivity index (χ0v) is 8.34. The van der Waals surface area contributed by atoms with E-state index in [1.165, 1.54) is 26.4 Å². The summed E-state index contributed by atoms with van der Waals surface area (Å²) in [7, 11) is 1.46. The number of carbonyl (C=O) groups excluding carboxylic acids is 1. The first kappa shape index (κ1) is 10.5. The quantitative estimate of drug-likeness (QED) is 0.660. The predicted molar refractivity (Wildman–Crippen MR) is 51.5 cm³/mol. The van der Waals surface area contributed by atoms with Gasteiger partial charge in [0, 0.05) is 6.42 Å². The molecule has 0 amide bonds. The van der Waals surface area contributed by atoms with Crippen molar-refractivity contribution in [2.75, 3.05) is 20.2 Å². The summed E-state index contributed by atoms with van der Waals surface area (Å²) in [5.41, 5.74) is 0. The zero-order valence-electron chi connectivity index (χ0n) is 8.34.